The van der Waals surface area contributed by atoms with Crippen molar-refractivity contribution < 1.29 is 19.4 Å². The molecule has 2 N–H and O–H groups in total. The number of rotatable bonds is 10. The van der Waals surface area contributed by atoms with Gasteiger partial charge in [0.15, 0.2) is 6.29 Å². The number of carbonyl (C=O) groups excluding carboxylic acids is 1. The number of hydrogen-bond acceptors (Lipinski definition) is 6. The Labute approximate surface area is 241 Å². The van der Waals surface area contributed by atoms with Gasteiger partial charge in [0.05, 0.1) is 24.4 Å². The molecule has 3 aromatic carbocycles. The number of aliphatic hydroxyl groups excluding tert-OH is 1. The summed E-state index contributed by atoms with van der Waals surface area (Å²) in [7, 11) is 2.13. The minimum Gasteiger partial charge on any atom is -0.392 e. The van der Waals surface area contributed by atoms with E-state index in [4.69, 9.17) is 9.47 Å². The van der Waals surface area contributed by atoms with Gasteiger partial charge in [0.1, 0.15) is 0 Å². The number of aliphatic hydroxyl groups is 1. The summed E-state index contributed by atoms with van der Waals surface area (Å²) in [6.45, 7) is 3.38. The molecule has 0 saturated carbocycles. The molecule has 4 aromatic rings. The van der Waals surface area contributed by atoms with Gasteiger partial charge in [0.2, 0.25) is 0 Å². The summed E-state index contributed by atoms with van der Waals surface area (Å²) >= 11 is 0. The van der Waals surface area contributed by atoms with E-state index in [0.717, 1.165) is 35.2 Å². The SMILES string of the molecule is C[C@@H](c1ccccc1)N(C)C[C@H]1C[C@@H](c2ccc(CO)cc2)O[C@@H](c2ccc(CNC(=O)c3cccnc3)cc2)O1. The molecule has 4 atom stereocenters. The molecular formula is C34H37N3O4. The maximum atomic E-state index is 12.4. The number of pyridine rings is 1. The normalized spacial score (nSPS) is 19.6. The van der Waals surface area contributed by atoms with Gasteiger partial charge in [0, 0.05) is 43.5 Å². The van der Waals surface area contributed by atoms with Crippen LogP contribution in [0.4, 0.5) is 0 Å². The van der Waals surface area contributed by atoms with E-state index in [0.29, 0.717) is 12.1 Å². The molecule has 1 amide bonds. The number of carbonyl (C=O) groups is 1. The molecule has 1 aliphatic heterocycles. The van der Waals surface area contributed by atoms with Gasteiger partial charge in [-0.15, -0.1) is 0 Å². The lowest BCUT2D eigenvalue weighted by molar-refractivity contribution is -0.253. The average Bonchev–Trinajstić information content (AvgIpc) is 3.04. The van der Waals surface area contributed by atoms with Crippen molar-refractivity contribution in [3.63, 3.8) is 0 Å². The highest BCUT2D eigenvalue weighted by molar-refractivity contribution is 5.93. The molecule has 7 heteroatoms. The molecule has 5 rings (SSSR count). The van der Waals surface area contributed by atoms with E-state index < -0.39 is 6.29 Å². The van der Waals surface area contributed by atoms with Crippen LogP contribution >= 0.6 is 0 Å². The van der Waals surface area contributed by atoms with Crippen LogP contribution in [0.3, 0.4) is 0 Å². The standard InChI is InChI=1S/C34H37N3O4/c1-24(27-7-4-3-5-8-27)37(2)22-31-19-32(28-14-12-26(23-38)13-15-28)41-34(40-31)29-16-10-25(11-17-29)20-36-33(39)30-9-6-18-35-21-30/h3-18,21,24,31-32,34,38H,19-20,22-23H2,1-2H3,(H,36,39)/t24-,31+,32-,34-/m0/s1. The lowest BCUT2D eigenvalue weighted by atomic mass is 9.99. The number of hydrogen-bond donors (Lipinski definition) is 2. The van der Waals surface area contributed by atoms with Crippen molar-refractivity contribution in [2.24, 2.45) is 0 Å². The second kappa shape index (κ2) is 13.7. The van der Waals surface area contributed by atoms with E-state index >= 15 is 0 Å². The molecule has 1 saturated heterocycles. The Kier molecular flexibility index (Phi) is 9.54. The zero-order valence-corrected chi connectivity index (χ0v) is 23.5. The summed E-state index contributed by atoms with van der Waals surface area (Å²) in [5.41, 5.74) is 5.63. The van der Waals surface area contributed by atoms with Crippen LogP contribution in [0.15, 0.2) is 103 Å². The lowest BCUT2D eigenvalue weighted by Crippen LogP contribution is -2.38. The summed E-state index contributed by atoms with van der Waals surface area (Å²) in [4.78, 5) is 18.7. The highest BCUT2D eigenvalue weighted by Crippen LogP contribution is 2.38. The Balaban J connectivity index is 1.29. The maximum absolute atomic E-state index is 12.4. The van der Waals surface area contributed by atoms with Crippen LogP contribution in [-0.4, -0.2) is 40.6 Å². The van der Waals surface area contributed by atoms with E-state index in [1.807, 2.05) is 54.6 Å². The summed E-state index contributed by atoms with van der Waals surface area (Å²) in [5, 5.41) is 12.4. The fourth-order valence-electron chi connectivity index (χ4n) is 5.07. The summed E-state index contributed by atoms with van der Waals surface area (Å²) in [6.07, 6.45) is 3.19. The van der Waals surface area contributed by atoms with Crippen molar-refractivity contribution in [1.82, 2.24) is 15.2 Å². The number of benzene rings is 3. The first-order valence-corrected chi connectivity index (χ1v) is 14.0. The molecule has 212 valence electrons. The van der Waals surface area contributed by atoms with E-state index in [-0.39, 0.29) is 30.8 Å². The fourth-order valence-corrected chi connectivity index (χ4v) is 5.07. The molecule has 1 aliphatic rings. The average molecular weight is 552 g/mol. The monoisotopic (exact) mass is 551 g/mol. The van der Waals surface area contributed by atoms with E-state index in [9.17, 15) is 9.90 Å². The quantitative estimate of drug-likeness (QED) is 0.261. The van der Waals surface area contributed by atoms with Crippen LogP contribution in [0, 0.1) is 0 Å². The van der Waals surface area contributed by atoms with Crippen LogP contribution < -0.4 is 5.32 Å². The molecule has 0 unspecified atom stereocenters. The zero-order chi connectivity index (χ0) is 28.6. The Morgan fingerprint density at radius 3 is 2.34 bits per heavy atom. The fraction of sp³-hybridized carbons (Fsp3) is 0.294. The zero-order valence-electron chi connectivity index (χ0n) is 23.5. The highest BCUT2D eigenvalue weighted by Gasteiger charge is 2.33. The van der Waals surface area contributed by atoms with Crippen molar-refractivity contribution in [2.45, 2.75) is 51.0 Å². The van der Waals surface area contributed by atoms with Crippen molar-refractivity contribution in [2.75, 3.05) is 13.6 Å². The second-order valence-electron chi connectivity index (χ2n) is 10.5. The second-order valence-corrected chi connectivity index (χ2v) is 10.5. The van der Waals surface area contributed by atoms with Gasteiger partial charge in [-0.2, -0.15) is 0 Å². The van der Waals surface area contributed by atoms with Crippen molar-refractivity contribution in [1.29, 1.82) is 0 Å². The molecule has 1 fully saturated rings. The minimum atomic E-state index is -0.532. The first-order chi connectivity index (χ1) is 20.0. The van der Waals surface area contributed by atoms with Gasteiger partial charge in [0.25, 0.3) is 5.91 Å². The summed E-state index contributed by atoms with van der Waals surface area (Å²) < 4.78 is 13.0. The maximum Gasteiger partial charge on any atom is 0.253 e. The van der Waals surface area contributed by atoms with Crippen LogP contribution in [-0.2, 0) is 22.6 Å². The molecular weight excluding hydrogens is 514 g/mol. The number of likely N-dealkylation sites (N-methyl/N-ethyl adjacent to an activating group) is 1. The third-order valence-electron chi connectivity index (χ3n) is 7.68. The Morgan fingerprint density at radius 2 is 1.66 bits per heavy atom. The Bertz CT molecular complexity index is 1380. The predicted octanol–water partition coefficient (Wildman–Crippen LogP) is 5.74. The van der Waals surface area contributed by atoms with Crippen molar-refractivity contribution in [3.8, 4) is 0 Å². The molecule has 7 nitrogen and oxygen atoms in total. The number of aromatic nitrogens is 1. The Hall–Kier alpha value is -3.88. The van der Waals surface area contributed by atoms with E-state index in [2.05, 4.69) is 53.4 Å². The van der Waals surface area contributed by atoms with Crippen LogP contribution in [0.5, 0.6) is 0 Å². The van der Waals surface area contributed by atoms with Crippen molar-refractivity contribution >= 4 is 5.91 Å². The number of ether oxygens (including phenoxy) is 2. The van der Waals surface area contributed by atoms with E-state index in [1.54, 1.807) is 24.5 Å². The van der Waals surface area contributed by atoms with Gasteiger partial charge in [-0.25, -0.2) is 0 Å². The van der Waals surface area contributed by atoms with Gasteiger partial charge in [-0.05, 0) is 48.4 Å². The predicted molar refractivity (Wildman–Crippen MR) is 158 cm³/mol. The van der Waals surface area contributed by atoms with Gasteiger partial charge >= 0.3 is 0 Å². The molecule has 0 radical (unpaired) electrons. The molecule has 1 aromatic heterocycles. The number of nitrogens with one attached hydrogen (secondary N) is 1. The van der Waals surface area contributed by atoms with E-state index in [1.165, 1.54) is 5.56 Å². The van der Waals surface area contributed by atoms with Crippen molar-refractivity contribution in [3.05, 3.63) is 137 Å². The molecule has 2 heterocycles. The molecule has 0 spiro atoms. The third kappa shape index (κ3) is 7.45. The van der Waals surface area contributed by atoms with Crippen LogP contribution in [0.25, 0.3) is 0 Å². The third-order valence-corrected chi connectivity index (χ3v) is 7.68. The first kappa shape index (κ1) is 28.6. The topological polar surface area (TPSA) is 83.9 Å². The highest BCUT2D eigenvalue weighted by atomic mass is 16.7. The molecule has 0 aliphatic carbocycles. The minimum absolute atomic E-state index is 0.0113. The van der Waals surface area contributed by atoms with Crippen LogP contribution in [0.2, 0.25) is 0 Å². The van der Waals surface area contributed by atoms with Gasteiger partial charge in [-0.3, -0.25) is 14.7 Å². The summed E-state index contributed by atoms with van der Waals surface area (Å²) in [5.74, 6) is -0.159. The smallest absolute Gasteiger partial charge is 0.253 e. The lowest BCUT2D eigenvalue weighted by Gasteiger charge is -2.39. The number of amides is 1. The first-order valence-electron chi connectivity index (χ1n) is 14.0. The largest absolute Gasteiger partial charge is 0.392 e. The molecule has 0 bridgehead atoms. The van der Waals surface area contributed by atoms with Crippen LogP contribution in [0.1, 0.15) is 70.0 Å². The molecule has 41 heavy (non-hydrogen) atoms. The van der Waals surface area contributed by atoms with Gasteiger partial charge in [-0.1, -0.05) is 78.9 Å². The van der Waals surface area contributed by atoms with Gasteiger partial charge < -0.3 is 19.9 Å². The Morgan fingerprint density at radius 1 is 0.951 bits per heavy atom. The number of nitrogens with zero attached hydrogens (tertiary/aromatic N) is 2. The summed E-state index contributed by atoms with van der Waals surface area (Å²) in [6, 6.07) is 30.1.